The van der Waals surface area contributed by atoms with Crippen LogP contribution in [-0.2, 0) is 0 Å². The van der Waals surface area contributed by atoms with Crippen LogP contribution in [0.4, 0.5) is 0 Å². The number of nitrogen functional groups attached to an aromatic ring is 1. The van der Waals surface area contributed by atoms with Gasteiger partial charge < -0.3 is 11.6 Å². The van der Waals surface area contributed by atoms with Crippen LogP contribution in [0.25, 0.3) is 0 Å². The summed E-state index contributed by atoms with van der Waals surface area (Å²) in [6.07, 6.45) is 3.28. The summed E-state index contributed by atoms with van der Waals surface area (Å²) in [6, 6.07) is 0. The van der Waals surface area contributed by atoms with Gasteiger partial charge in [-0.2, -0.15) is 5.10 Å². The van der Waals surface area contributed by atoms with Gasteiger partial charge in [0, 0.05) is 18.1 Å². The Bertz CT molecular complexity index is 390. The van der Waals surface area contributed by atoms with E-state index in [4.69, 9.17) is 11.6 Å². The van der Waals surface area contributed by atoms with Crippen LogP contribution in [0, 0.1) is 0 Å². The molecule has 0 radical (unpaired) electrons. The molecule has 0 amide bonds. The van der Waals surface area contributed by atoms with E-state index in [0.29, 0.717) is 5.62 Å². The molecule has 1 atom stereocenters. The fraction of sp³-hybridized carbons (Fsp3) is 0.500. The maximum atomic E-state index is 5.72. The Labute approximate surface area is 82.5 Å². The first-order valence-corrected chi connectivity index (χ1v) is 4.37. The SMILES string of the molecule is CC(C)=NN=c1n(N)ccn1C(C)N. The Kier molecular flexibility index (Phi) is 3.08. The Morgan fingerprint density at radius 3 is 2.57 bits per heavy atom. The fourth-order valence-corrected chi connectivity index (χ4v) is 0.976. The summed E-state index contributed by atoms with van der Waals surface area (Å²) in [6.45, 7) is 5.58. The second kappa shape index (κ2) is 4.10. The second-order valence-corrected chi connectivity index (χ2v) is 3.30. The van der Waals surface area contributed by atoms with Crippen molar-refractivity contribution in [2.75, 3.05) is 5.84 Å². The van der Waals surface area contributed by atoms with Crippen molar-refractivity contribution in [3.8, 4) is 0 Å². The molecule has 78 valence electrons. The van der Waals surface area contributed by atoms with E-state index < -0.39 is 0 Å². The van der Waals surface area contributed by atoms with Crippen LogP contribution in [0.2, 0.25) is 0 Å². The molecule has 1 aromatic rings. The van der Waals surface area contributed by atoms with Gasteiger partial charge in [-0.3, -0.25) is 4.57 Å². The predicted octanol–water partition coefficient (Wildman–Crippen LogP) is -0.223. The van der Waals surface area contributed by atoms with Crippen LogP contribution in [0.3, 0.4) is 0 Å². The number of hydrogen-bond donors (Lipinski definition) is 2. The number of nitrogens with two attached hydrogens (primary N) is 2. The number of imidazole rings is 1. The van der Waals surface area contributed by atoms with Crippen molar-refractivity contribution in [2.45, 2.75) is 26.9 Å². The van der Waals surface area contributed by atoms with E-state index in [-0.39, 0.29) is 6.17 Å². The largest absolute Gasteiger partial charge is 0.337 e. The minimum absolute atomic E-state index is 0.175. The van der Waals surface area contributed by atoms with E-state index in [9.17, 15) is 0 Å². The van der Waals surface area contributed by atoms with Crippen molar-refractivity contribution >= 4 is 5.71 Å². The van der Waals surface area contributed by atoms with Crippen LogP contribution >= 0.6 is 0 Å². The number of rotatable bonds is 2. The molecule has 0 fully saturated rings. The van der Waals surface area contributed by atoms with E-state index in [1.54, 1.807) is 17.0 Å². The van der Waals surface area contributed by atoms with Crippen molar-refractivity contribution in [3.05, 3.63) is 18.0 Å². The summed E-state index contributed by atoms with van der Waals surface area (Å²) in [5.41, 5.74) is 7.11. The second-order valence-electron chi connectivity index (χ2n) is 3.30. The Hall–Kier alpha value is -1.56. The fourth-order valence-electron chi connectivity index (χ4n) is 0.976. The van der Waals surface area contributed by atoms with Gasteiger partial charge in [-0.25, -0.2) is 4.68 Å². The lowest BCUT2D eigenvalue weighted by atomic mass is 10.5. The quantitative estimate of drug-likeness (QED) is 0.389. The highest BCUT2D eigenvalue weighted by Gasteiger charge is 2.01. The number of aromatic nitrogens is 2. The maximum Gasteiger partial charge on any atom is 0.249 e. The molecule has 0 saturated carbocycles. The van der Waals surface area contributed by atoms with Crippen LogP contribution in [-0.4, -0.2) is 15.0 Å². The third-order valence-corrected chi connectivity index (χ3v) is 1.63. The topological polar surface area (TPSA) is 86.6 Å². The summed E-state index contributed by atoms with van der Waals surface area (Å²) in [5.74, 6) is 5.64. The van der Waals surface area contributed by atoms with Crippen LogP contribution in [0.15, 0.2) is 22.6 Å². The molecule has 6 nitrogen and oxygen atoms in total. The molecular formula is C8H16N6. The molecule has 0 aliphatic heterocycles. The first-order valence-electron chi connectivity index (χ1n) is 4.37. The monoisotopic (exact) mass is 196 g/mol. The van der Waals surface area contributed by atoms with Gasteiger partial charge in [0.05, 0.1) is 6.17 Å². The minimum Gasteiger partial charge on any atom is -0.337 e. The Balaban J connectivity index is 3.24. The number of nitrogens with zero attached hydrogens (tertiary/aromatic N) is 4. The summed E-state index contributed by atoms with van der Waals surface area (Å²) in [7, 11) is 0. The Morgan fingerprint density at radius 2 is 2.07 bits per heavy atom. The molecule has 14 heavy (non-hydrogen) atoms. The van der Waals surface area contributed by atoms with Crippen molar-refractivity contribution in [1.29, 1.82) is 0 Å². The van der Waals surface area contributed by atoms with Crippen LogP contribution < -0.4 is 17.2 Å². The molecule has 0 aliphatic rings. The van der Waals surface area contributed by atoms with Gasteiger partial charge in [0.15, 0.2) is 0 Å². The van der Waals surface area contributed by atoms with Gasteiger partial charge >= 0.3 is 0 Å². The van der Waals surface area contributed by atoms with Gasteiger partial charge in [0.1, 0.15) is 0 Å². The highest BCUT2D eigenvalue weighted by atomic mass is 15.4. The molecule has 0 aromatic carbocycles. The highest BCUT2D eigenvalue weighted by Crippen LogP contribution is 1.91. The summed E-state index contributed by atoms with van der Waals surface area (Å²) in [4.78, 5) is 0. The molecule has 4 N–H and O–H groups in total. The van der Waals surface area contributed by atoms with Crippen molar-refractivity contribution in [3.63, 3.8) is 0 Å². The molecule has 6 heteroatoms. The van der Waals surface area contributed by atoms with Gasteiger partial charge in [-0.1, -0.05) is 0 Å². The molecule has 1 aromatic heterocycles. The van der Waals surface area contributed by atoms with Crippen molar-refractivity contribution in [2.24, 2.45) is 15.9 Å². The summed E-state index contributed by atoms with van der Waals surface area (Å²) >= 11 is 0. The summed E-state index contributed by atoms with van der Waals surface area (Å²) < 4.78 is 3.13. The molecular weight excluding hydrogens is 180 g/mol. The Morgan fingerprint density at radius 1 is 1.43 bits per heavy atom. The van der Waals surface area contributed by atoms with Gasteiger partial charge in [0.2, 0.25) is 5.62 Å². The van der Waals surface area contributed by atoms with E-state index in [1.165, 1.54) is 4.68 Å². The van der Waals surface area contributed by atoms with E-state index in [1.807, 2.05) is 20.8 Å². The molecule has 0 bridgehead atoms. The molecule has 1 heterocycles. The van der Waals surface area contributed by atoms with Gasteiger partial charge in [-0.05, 0) is 20.8 Å². The maximum absolute atomic E-state index is 5.72. The van der Waals surface area contributed by atoms with Crippen LogP contribution in [0.1, 0.15) is 26.9 Å². The number of hydrogen-bond acceptors (Lipinski definition) is 4. The average Bonchev–Trinajstić information content (AvgIpc) is 2.43. The first kappa shape index (κ1) is 10.5. The van der Waals surface area contributed by atoms with E-state index in [2.05, 4.69) is 10.2 Å². The first-order chi connectivity index (χ1) is 6.52. The van der Waals surface area contributed by atoms with E-state index in [0.717, 1.165) is 5.71 Å². The predicted molar refractivity (Wildman–Crippen MR) is 55.8 cm³/mol. The zero-order chi connectivity index (χ0) is 10.7. The van der Waals surface area contributed by atoms with Gasteiger partial charge in [-0.15, -0.1) is 5.10 Å². The van der Waals surface area contributed by atoms with Gasteiger partial charge in [0.25, 0.3) is 0 Å². The van der Waals surface area contributed by atoms with Crippen molar-refractivity contribution < 1.29 is 0 Å². The third kappa shape index (κ3) is 2.23. The third-order valence-electron chi connectivity index (χ3n) is 1.63. The minimum atomic E-state index is -0.175. The lowest BCUT2D eigenvalue weighted by molar-refractivity contribution is 0.533. The molecule has 0 spiro atoms. The molecule has 0 aliphatic carbocycles. The van der Waals surface area contributed by atoms with Crippen LogP contribution in [0.5, 0.6) is 0 Å². The zero-order valence-corrected chi connectivity index (χ0v) is 8.68. The summed E-state index contributed by atoms with van der Waals surface area (Å²) in [5, 5.41) is 7.93. The highest BCUT2D eigenvalue weighted by molar-refractivity contribution is 5.78. The van der Waals surface area contributed by atoms with E-state index >= 15 is 0 Å². The lowest BCUT2D eigenvalue weighted by Gasteiger charge is -2.05. The van der Waals surface area contributed by atoms with Crippen molar-refractivity contribution in [1.82, 2.24) is 9.24 Å². The lowest BCUT2D eigenvalue weighted by Crippen LogP contribution is -2.34. The molecule has 0 saturated heterocycles. The normalized spacial score (nSPS) is 14.1. The zero-order valence-electron chi connectivity index (χ0n) is 8.68. The molecule has 1 rings (SSSR count). The molecule has 1 unspecified atom stereocenters. The smallest absolute Gasteiger partial charge is 0.249 e. The average molecular weight is 196 g/mol. The standard InChI is InChI=1S/C8H16N6/c1-6(2)11-12-8-13(7(3)9)4-5-14(8)10/h4-5,7H,9-10H2,1-3H3.